The maximum Gasteiger partial charge on any atom is 0.243 e. The zero-order chi connectivity index (χ0) is 21.6. The molecular weight excluding hydrogens is 400 g/mol. The van der Waals surface area contributed by atoms with Gasteiger partial charge < -0.3 is 10.1 Å². The summed E-state index contributed by atoms with van der Waals surface area (Å²) < 4.78 is 32.6. The normalized spacial score (nSPS) is 15.1. The van der Waals surface area contributed by atoms with Crippen LogP contribution in [0.5, 0.6) is 0 Å². The summed E-state index contributed by atoms with van der Waals surface area (Å²) in [6.07, 6.45) is 3.07. The number of rotatable bonds is 8. The predicted octanol–water partition coefficient (Wildman–Crippen LogP) is 3.68. The van der Waals surface area contributed by atoms with Crippen molar-refractivity contribution in [3.8, 4) is 0 Å². The molecule has 0 aliphatic carbocycles. The molecule has 0 radical (unpaired) electrons. The number of morpholine rings is 1. The fraction of sp³-hybridized carbons (Fsp3) is 0.435. The highest BCUT2D eigenvalue weighted by Gasteiger charge is 2.28. The Morgan fingerprint density at radius 1 is 1.03 bits per heavy atom. The molecule has 30 heavy (non-hydrogen) atoms. The molecule has 162 valence electrons. The van der Waals surface area contributed by atoms with Crippen LogP contribution in [-0.4, -0.2) is 44.9 Å². The molecule has 6 nitrogen and oxygen atoms in total. The molecular formula is C23H30N2O4S. The van der Waals surface area contributed by atoms with Crippen molar-refractivity contribution in [3.63, 3.8) is 0 Å². The van der Waals surface area contributed by atoms with E-state index in [9.17, 15) is 13.2 Å². The van der Waals surface area contributed by atoms with Gasteiger partial charge >= 0.3 is 0 Å². The lowest BCUT2D eigenvalue weighted by Gasteiger charge is -2.26. The first-order valence-corrected chi connectivity index (χ1v) is 11.8. The van der Waals surface area contributed by atoms with Crippen LogP contribution in [0.4, 0.5) is 5.69 Å². The largest absolute Gasteiger partial charge is 0.379 e. The van der Waals surface area contributed by atoms with E-state index in [1.54, 1.807) is 25.1 Å². The smallest absolute Gasteiger partial charge is 0.243 e. The second kappa shape index (κ2) is 10.2. The Bertz CT molecular complexity index is 965. The van der Waals surface area contributed by atoms with Gasteiger partial charge in [0.15, 0.2) is 0 Å². The van der Waals surface area contributed by atoms with E-state index in [2.05, 4.69) is 36.5 Å². The maximum absolute atomic E-state index is 13.0. The Labute approximate surface area is 179 Å². The van der Waals surface area contributed by atoms with E-state index in [-0.39, 0.29) is 10.8 Å². The second-order valence-corrected chi connectivity index (χ2v) is 9.64. The summed E-state index contributed by atoms with van der Waals surface area (Å²) in [6, 6.07) is 13.5. The van der Waals surface area contributed by atoms with Gasteiger partial charge in [-0.2, -0.15) is 4.31 Å². The molecule has 0 spiro atoms. The molecule has 1 N–H and O–H groups in total. The Hall–Kier alpha value is -2.22. The minimum Gasteiger partial charge on any atom is -0.379 e. The third kappa shape index (κ3) is 5.90. The van der Waals surface area contributed by atoms with Gasteiger partial charge in [0.05, 0.1) is 18.1 Å². The first-order chi connectivity index (χ1) is 14.4. The number of hydrogen-bond donors (Lipinski definition) is 1. The Morgan fingerprint density at radius 3 is 2.43 bits per heavy atom. The summed E-state index contributed by atoms with van der Waals surface area (Å²) in [6.45, 7) is 5.33. The molecule has 0 unspecified atom stereocenters. The van der Waals surface area contributed by atoms with Crippen LogP contribution in [0.15, 0.2) is 47.4 Å². The third-order valence-corrected chi connectivity index (χ3v) is 7.34. The molecule has 3 rings (SSSR count). The number of nitrogens with zero attached hydrogens (tertiary/aromatic N) is 1. The number of ether oxygens (including phenoxy) is 1. The Balaban J connectivity index is 1.55. The van der Waals surface area contributed by atoms with Gasteiger partial charge in [-0.3, -0.25) is 4.79 Å². The zero-order valence-electron chi connectivity index (χ0n) is 17.7. The van der Waals surface area contributed by atoms with E-state index in [0.29, 0.717) is 44.0 Å². The van der Waals surface area contributed by atoms with Crippen molar-refractivity contribution < 1.29 is 17.9 Å². The van der Waals surface area contributed by atoms with Crippen molar-refractivity contribution in [1.82, 2.24) is 4.31 Å². The van der Waals surface area contributed by atoms with Crippen LogP contribution in [0.3, 0.4) is 0 Å². The number of benzene rings is 2. The number of anilines is 1. The summed E-state index contributed by atoms with van der Waals surface area (Å²) in [5.41, 5.74) is 3.69. The number of nitrogens with one attached hydrogen (secondary N) is 1. The Kier molecular flexibility index (Phi) is 7.64. The van der Waals surface area contributed by atoms with Gasteiger partial charge in [0.1, 0.15) is 0 Å². The monoisotopic (exact) mass is 430 g/mol. The molecule has 1 aliphatic rings. The first-order valence-electron chi connectivity index (χ1n) is 10.4. The Morgan fingerprint density at radius 2 is 1.73 bits per heavy atom. The number of aryl methyl sites for hydroxylation is 3. The van der Waals surface area contributed by atoms with E-state index in [0.717, 1.165) is 19.3 Å². The van der Waals surface area contributed by atoms with Gasteiger partial charge in [-0.25, -0.2) is 8.42 Å². The van der Waals surface area contributed by atoms with Gasteiger partial charge in [0.25, 0.3) is 0 Å². The quantitative estimate of drug-likeness (QED) is 0.649. The molecule has 1 fully saturated rings. The van der Waals surface area contributed by atoms with E-state index in [1.165, 1.54) is 15.4 Å². The number of sulfonamides is 1. The molecule has 1 amide bonds. The summed E-state index contributed by atoms with van der Waals surface area (Å²) in [4.78, 5) is 12.6. The molecule has 0 saturated carbocycles. The van der Waals surface area contributed by atoms with Crippen molar-refractivity contribution in [2.24, 2.45) is 0 Å². The zero-order valence-corrected chi connectivity index (χ0v) is 18.5. The molecule has 1 heterocycles. The fourth-order valence-electron chi connectivity index (χ4n) is 3.47. The third-order valence-electron chi connectivity index (χ3n) is 5.30. The van der Waals surface area contributed by atoms with Gasteiger partial charge in [-0.1, -0.05) is 35.9 Å². The molecule has 7 heteroatoms. The highest BCUT2D eigenvalue weighted by Crippen LogP contribution is 2.24. The van der Waals surface area contributed by atoms with Crippen LogP contribution >= 0.6 is 0 Å². The molecule has 2 aromatic carbocycles. The van der Waals surface area contributed by atoms with Gasteiger partial charge in [0, 0.05) is 25.2 Å². The first kappa shape index (κ1) is 22.5. The van der Waals surface area contributed by atoms with Crippen molar-refractivity contribution in [2.75, 3.05) is 31.6 Å². The molecule has 0 bridgehead atoms. The molecule has 2 aromatic rings. The topological polar surface area (TPSA) is 75.7 Å². The van der Waals surface area contributed by atoms with Gasteiger partial charge in [-0.15, -0.1) is 0 Å². The van der Waals surface area contributed by atoms with E-state index in [1.807, 2.05) is 0 Å². The van der Waals surface area contributed by atoms with E-state index < -0.39 is 10.0 Å². The lowest BCUT2D eigenvalue weighted by molar-refractivity contribution is -0.116. The minimum absolute atomic E-state index is 0.0996. The second-order valence-electron chi connectivity index (χ2n) is 7.74. The fourth-order valence-corrected chi connectivity index (χ4v) is 5.13. The maximum atomic E-state index is 13.0. The van der Waals surface area contributed by atoms with Gasteiger partial charge in [-0.05, 0) is 56.4 Å². The van der Waals surface area contributed by atoms with Crippen LogP contribution in [0.2, 0.25) is 0 Å². The predicted molar refractivity (Wildman–Crippen MR) is 118 cm³/mol. The summed E-state index contributed by atoms with van der Waals surface area (Å²) in [7, 11) is -3.60. The summed E-state index contributed by atoms with van der Waals surface area (Å²) in [5, 5.41) is 2.84. The van der Waals surface area contributed by atoms with Crippen LogP contribution in [0.25, 0.3) is 0 Å². The number of carbonyl (C=O) groups excluding carboxylic acids is 1. The van der Waals surface area contributed by atoms with E-state index in [4.69, 9.17) is 4.74 Å². The average Bonchev–Trinajstić information content (AvgIpc) is 2.74. The standard InChI is InChI=1S/C23H30N2O4S/c1-18-7-10-20(11-8-18)5-3-4-6-23(26)24-21-12-9-19(2)22(17-21)30(27,28)25-13-15-29-16-14-25/h7-12,17H,3-6,13-16H2,1-2H3,(H,24,26). The van der Waals surface area contributed by atoms with Crippen molar-refractivity contribution >= 4 is 21.6 Å². The van der Waals surface area contributed by atoms with Crippen molar-refractivity contribution in [3.05, 3.63) is 59.2 Å². The molecule has 0 atom stereocenters. The number of amides is 1. The van der Waals surface area contributed by atoms with Crippen LogP contribution in [-0.2, 0) is 26.0 Å². The van der Waals surface area contributed by atoms with Gasteiger partial charge in [0.2, 0.25) is 15.9 Å². The number of unbranched alkanes of at least 4 members (excludes halogenated alkanes) is 1. The lowest BCUT2D eigenvalue weighted by atomic mass is 10.1. The van der Waals surface area contributed by atoms with Crippen LogP contribution in [0, 0.1) is 13.8 Å². The highest BCUT2D eigenvalue weighted by molar-refractivity contribution is 7.89. The molecule has 1 aliphatic heterocycles. The minimum atomic E-state index is -3.60. The summed E-state index contributed by atoms with van der Waals surface area (Å²) >= 11 is 0. The van der Waals surface area contributed by atoms with Crippen molar-refractivity contribution in [1.29, 1.82) is 0 Å². The lowest BCUT2D eigenvalue weighted by Crippen LogP contribution is -2.40. The summed E-state index contributed by atoms with van der Waals surface area (Å²) in [5.74, 6) is -0.0996. The van der Waals surface area contributed by atoms with Crippen molar-refractivity contribution in [2.45, 2.75) is 44.4 Å². The highest BCUT2D eigenvalue weighted by atomic mass is 32.2. The average molecular weight is 431 g/mol. The SMILES string of the molecule is Cc1ccc(CCCCC(=O)Nc2ccc(C)c(S(=O)(=O)N3CCOCC3)c2)cc1. The molecule has 1 saturated heterocycles. The number of carbonyl (C=O) groups is 1. The van der Waals surface area contributed by atoms with E-state index >= 15 is 0 Å². The molecule has 0 aromatic heterocycles. The van der Waals surface area contributed by atoms with Crippen LogP contribution < -0.4 is 5.32 Å². The van der Waals surface area contributed by atoms with Crippen LogP contribution in [0.1, 0.15) is 36.0 Å². The number of hydrogen-bond acceptors (Lipinski definition) is 4.